The van der Waals surface area contributed by atoms with Crippen LogP contribution in [0, 0.1) is 0 Å². The van der Waals surface area contributed by atoms with Crippen LogP contribution in [-0.2, 0) is 16.2 Å². The van der Waals surface area contributed by atoms with E-state index in [1.807, 2.05) is 30.7 Å². The van der Waals surface area contributed by atoms with Crippen LogP contribution in [0.4, 0.5) is 0 Å². The molecule has 0 spiro atoms. The number of hydrogen-bond acceptors (Lipinski definition) is 2. The van der Waals surface area contributed by atoms with Gasteiger partial charge in [-0.15, -0.1) is 0 Å². The Hall–Kier alpha value is -2.48. The number of rotatable bonds is 0. The van der Waals surface area contributed by atoms with Gasteiger partial charge in [-0.3, -0.25) is 9.97 Å². The lowest BCUT2D eigenvalue weighted by Gasteiger charge is -2.18. The smallest absolute Gasteiger partial charge is 0.0457 e. The highest BCUT2D eigenvalue weighted by molar-refractivity contribution is 5.22. The van der Waals surface area contributed by atoms with Crippen LogP contribution >= 0.6 is 0 Å². The summed E-state index contributed by atoms with van der Waals surface area (Å²) in [7, 11) is 0. The van der Waals surface area contributed by atoms with E-state index in [0.29, 0.717) is 5.41 Å². The quantitative estimate of drug-likeness (QED) is 0.383. The molecular formula is C28H40N2. The summed E-state index contributed by atoms with van der Waals surface area (Å²) in [6.07, 6.45) is 5.50. The van der Waals surface area contributed by atoms with E-state index in [0.717, 1.165) is 5.69 Å². The Balaban J connectivity index is 0.000000225. The molecular weight excluding hydrogens is 364 g/mol. The molecule has 0 saturated carbocycles. The SMILES string of the molecule is CC(C)(C)c1ccccc1.CC(C)(C)c1ccccn1.CC(C)(C)c1ccncc1. The fourth-order valence-electron chi connectivity index (χ4n) is 2.60. The molecule has 3 aromatic rings. The average molecular weight is 405 g/mol. The monoisotopic (exact) mass is 404 g/mol. The average Bonchev–Trinajstić information content (AvgIpc) is 2.69. The van der Waals surface area contributed by atoms with Gasteiger partial charge in [-0.05, 0) is 46.2 Å². The molecule has 0 unspecified atom stereocenters. The second-order valence-corrected chi connectivity index (χ2v) is 10.6. The molecule has 1 aromatic carbocycles. The van der Waals surface area contributed by atoms with Crippen molar-refractivity contribution in [3.8, 4) is 0 Å². The van der Waals surface area contributed by atoms with Crippen LogP contribution in [0.15, 0.2) is 79.3 Å². The second kappa shape index (κ2) is 11.1. The van der Waals surface area contributed by atoms with E-state index in [2.05, 4.69) is 121 Å². The van der Waals surface area contributed by atoms with Gasteiger partial charge in [0.05, 0.1) is 0 Å². The first-order valence-corrected chi connectivity index (χ1v) is 10.7. The lowest BCUT2D eigenvalue weighted by Crippen LogP contribution is -2.12. The number of hydrogen-bond donors (Lipinski definition) is 0. The maximum absolute atomic E-state index is 4.25. The minimum absolute atomic E-state index is 0.182. The molecule has 0 N–H and O–H groups in total. The van der Waals surface area contributed by atoms with Crippen molar-refractivity contribution in [2.45, 2.75) is 78.6 Å². The molecule has 2 nitrogen and oxygen atoms in total. The molecule has 0 fully saturated rings. The first-order valence-electron chi connectivity index (χ1n) is 10.7. The van der Waals surface area contributed by atoms with Gasteiger partial charge in [-0.1, -0.05) is 98.7 Å². The summed E-state index contributed by atoms with van der Waals surface area (Å²) in [6.45, 7) is 19.8. The largest absolute Gasteiger partial charge is 0.265 e. The van der Waals surface area contributed by atoms with E-state index in [1.54, 1.807) is 0 Å². The van der Waals surface area contributed by atoms with Crippen molar-refractivity contribution in [3.63, 3.8) is 0 Å². The number of aromatic nitrogens is 2. The van der Waals surface area contributed by atoms with Crippen molar-refractivity contribution in [1.29, 1.82) is 0 Å². The standard InChI is InChI=1S/C10H14.2C9H13N/c1-10(2,3)9-7-5-4-6-8-9;1-9(2,3)8-4-6-10-7-5-8;1-9(2,3)8-6-4-5-7-10-8/h4-8H,1-3H3;2*4-7H,1-3H3. The van der Waals surface area contributed by atoms with Crippen LogP contribution in [0.3, 0.4) is 0 Å². The Morgan fingerprint density at radius 3 is 1.23 bits per heavy atom. The Morgan fingerprint density at radius 2 is 0.933 bits per heavy atom. The van der Waals surface area contributed by atoms with Crippen molar-refractivity contribution in [1.82, 2.24) is 9.97 Å². The zero-order chi connectivity index (χ0) is 22.8. The van der Waals surface area contributed by atoms with E-state index in [1.165, 1.54) is 11.1 Å². The van der Waals surface area contributed by atoms with Crippen molar-refractivity contribution in [2.75, 3.05) is 0 Å². The molecule has 0 radical (unpaired) electrons. The third-order valence-corrected chi connectivity index (χ3v) is 4.62. The summed E-state index contributed by atoms with van der Waals surface area (Å²) in [4.78, 5) is 8.21. The minimum Gasteiger partial charge on any atom is -0.265 e. The zero-order valence-electron chi connectivity index (χ0n) is 20.4. The predicted molar refractivity (Wildman–Crippen MR) is 131 cm³/mol. The molecule has 0 amide bonds. The summed E-state index contributed by atoms with van der Waals surface area (Å²) in [5.41, 5.74) is 4.61. The van der Waals surface area contributed by atoms with Crippen molar-refractivity contribution in [3.05, 3.63) is 96.1 Å². The molecule has 2 heteroatoms. The van der Waals surface area contributed by atoms with Gasteiger partial charge < -0.3 is 0 Å². The summed E-state index contributed by atoms with van der Waals surface area (Å²) in [6, 6.07) is 20.7. The molecule has 0 saturated heterocycles. The number of benzene rings is 1. The fraction of sp³-hybridized carbons (Fsp3) is 0.429. The van der Waals surface area contributed by atoms with Gasteiger partial charge in [0.15, 0.2) is 0 Å². The summed E-state index contributed by atoms with van der Waals surface area (Å²) < 4.78 is 0. The van der Waals surface area contributed by atoms with Crippen LogP contribution in [-0.4, -0.2) is 9.97 Å². The molecule has 30 heavy (non-hydrogen) atoms. The number of nitrogens with zero attached hydrogens (tertiary/aromatic N) is 2. The fourth-order valence-corrected chi connectivity index (χ4v) is 2.60. The highest BCUT2D eigenvalue weighted by Gasteiger charge is 2.13. The maximum Gasteiger partial charge on any atom is 0.0457 e. The van der Waals surface area contributed by atoms with E-state index in [9.17, 15) is 0 Å². The summed E-state index contributed by atoms with van der Waals surface area (Å²) >= 11 is 0. The summed E-state index contributed by atoms with van der Waals surface area (Å²) in [5, 5.41) is 0. The molecule has 162 valence electrons. The molecule has 2 aromatic heterocycles. The normalized spacial score (nSPS) is 11.5. The second-order valence-electron chi connectivity index (χ2n) is 10.6. The molecule has 0 aliphatic heterocycles. The summed E-state index contributed by atoms with van der Waals surface area (Å²) in [5.74, 6) is 0. The first-order chi connectivity index (χ1) is 13.8. The topological polar surface area (TPSA) is 25.8 Å². The van der Waals surface area contributed by atoms with E-state index in [-0.39, 0.29) is 10.8 Å². The third-order valence-electron chi connectivity index (χ3n) is 4.62. The zero-order valence-corrected chi connectivity index (χ0v) is 20.4. The van der Waals surface area contributed by atoms with E-state index >= 15 is 0 Å². The van der Waals surface area contributed by atoms with Crippen molar-refractivity contribution < 1.29 is 0 Å². The first kappa shape index (κ1) is 25.6. The van der Waals surface area contributed by atoms with Crippen LogP contribution in [0.5, 0.6) is 0 Å². The van der Waals surface area contributed by atoms with Crippen LogP contribution in [0.25, 0.3) is 0 Å². The van der Waals surface area contributed by atoms with Crippen LogP contribution in [0.1, 0.15) is 79.1 Å². The number of pyridine rings is 2. The van der Waals surface area contributed by atoms with Gasteiger partial charge in [0.25, 0.3) is 0 Å². The van der Waals surface area contributed by atoms with Crippen LogP contribution in [0.2, 0.25) is 0 Å². The molecule has 0 aliphatic carbocycles. The van der Waals surface area contributed by atoms with Crippen LogP contribution < -0.4 is 0 Å². The molecule has 0 bridgehead atoms. The lowest BCUT2D eigenvalue weighted by molar-refractivity contribution is 0.569. The minimum atomic E-state index is 0.182. The van der Waals surface area contributed by atoms with Gasteiger partial charge >= 0.3 is 0 Å². The maximum atomic E-state index is 4.25. The van der Waals surface area contributed by atoms with Crippen molar-refractivity contribution >= 4 is 0 Å². The highest BCUT2D eigenvalue weighted by Crippen LogP contribution is 2.21. The molecule has 2 heterocycles. The molecule has 0 aliphatic rings. The Bertz CT molecular complexity index is 701. The van der Waals surface area contributed by atoms with Gasteiger partial charge in [0, 0.05) is 29.7 Å². The van der Waals surface area contributed by atoms with E-state index < -0.39 is 0 Å². The van der Waals surface area contributed by atoms with Gasteiger partial charge in [-0.25, -0.2) is 0 Å². The predicted octanol–water partition coefficient (Wildman–Crippen LogP) is 7.74. The van der Waals surface area contributed by atoms with Gasteiger partial charge in [0.2, 0.25) is 0 Å². The lowest BCUT2D eigenvalue weighted by atomic mass is 9.87. The van der Waals surface area contributed by atoms with Crippen molar-refractivity contribution in [2.24, 2.45) is 0 Å². The highest BCUT2D eigenvalue weighted by atomic mass is 14.7. The van der Waals surface area contributed by atoms with Gasteiger partial charge in [-0.2, -0.15) is 0 Å². The molecule has 3 rings (SSSR count). The third kappa shape index (κ3) is 9.82. The molecule has 0 atom stereocenters. The van der Waals surface area contributed by atoms with E-state index in [4.69, 9.17) is 0 Å². The Morgan fingerprint density at radius 1 is 0.467 bits per heavy atom. The Labute approximate surface area is 184 Å². The van der Waals surface area contributed by atoms with Gasteiger partial charge in [0.1, 0.15) is 0 Å². The Kier molecular flexibility index (Phi) is 9.42.